The van der Waals surface area contributed by atoms with Crippen LogP contribution in [0.1, 0.15) is 13.3 Å². The first-order valence-electron chi connectivity index (χ1n) is 4.71. The molecule has 1 aromatic heterocycles. The molecule has 0 saturated heterocycles. The summed E-state index contributed by atoms with van der Waals surface area (Å²) in [6.45, 7) is 2.25. The van der Waals surface area contributed by atoms with E-state index < -0.39 is 0 Å². The highest BCUT2D eigenvalue weighted by molar-refractivity contribution is 5.46. The largest absolute Gasteiger partial charge is 0.373 e. The van der Waals surface area contributed by atoms with Crippen LogP contribution in [0.3, 0.4) is 0 Å². The Morgan fingerprint density at radius 2 is 2.08 bits per heavy atom. The average Bonchev–Trinajstić information content (AvgIpc) is 2.82. The van der Waals surface area contributed by atoms with Crippen molar-refractivity contribution >= 4 is 11.6 Å². The minimum atomic E-state index is 0.639. The molecule has 0 aromatic carbocycles. The van der Waals surface area contributed by atoms with Crippen molar-refractivity contribution in [2.45, 2.75) is 19.4 Å². The average molecular weight is 177 g/mol. The highest BCUT2D eigenvalue weighted by atomic mass is 15.1. The second-order valence-electron chi connectivity index (χ2n) is 3.62. The number of nitrogens with one attached hydrogen (secondary N) is 2. The van der Waals surface area contributed by atoms with E-state index in [1.165, 1.54) is 6.42 Å². The predicted octanol–water partition coefficient (Wildman–Crippen LogP) is 1.94. The number of aromatic nitrogens is 1. The lowest BCUT2D eigenvalue weighted by molar-refractivity contribution is 0.924. The fourth-order valence-corrected chi connectivity index (χ4v) is 1.37. The second-order valence-corrected chi connectivity index (χ2v) is 3.62. The first kappa shape index (κ1) is 8.35. The fourth-order valence-electron chi connectivity index (χ4n) is 1.37. The molecule has 13 heavy (non-hydrogen) atoms. The summed E-state index contributed by atoms with van der Waals surface area (Å²) in [5.41, 5.74) is 0. The number of anilines is 2. The maximum Gasteiger partial charge on any atom is 0.128 e. The van der Waals surface area contributed by atoms with Gasteiger partial charge in [0, 0.05) is 13.1 Å². The number of hydrogen-bond donors (Lipinski definition) is 2. The fraction of sp³-hybridized carbons (Fsp3) is 0.500. The summed E-state index contributed by atoms with van der Waals surface area (Å²) in [5, 5.41) is 6.41. The van der Waals surface area contributed by atoms with Gasteiger partial charge in [0.2, 0.25) is 0 Å². The van der Waals surface area contributed by atoms with Crippen LogP contribution in [0.2, 0.25) is 0 Å². The van der Waals surface area contributed by atoms with Crippen molar-refractivity contribution in [3.05, 3.63) is 18.2 Å². The Morgan fingerprint density at radius 3 is 2.69 bits per heavy atom. The molecule has 3 heteroatoms. The van der Waals surface area contributed by atoms with Crippen LogP contribution < -0.4 is 10.6 Å². The molecule has 1 heterocycles. The number of hydrogen-bond acceptors (Lipinski definition) is 3. The Kier molecular flexibility index (Phi) is 2.08. The molecule has 2 N–H and O–H groups in total. The molecule has 1 aromatic rings. The van der Waals surface area contributed by atoms with Crippen molar-refractivity contribution in [1.82, 2.24) is 4.98 Å². The number of nitrogens with zero attached hydrogens (tertiary/aromatic N) is 1. The van der Waals surface area contributed by atoms with Crippen LogP contribution in [-0.4, -0.2) is 18.1 Å². The Balaban J connectivity index is 2.03. The smallest absolute Gasteiger partial charge is 0.128 e. The van der Waals surface area contributed by atoms with Gasteiger partial charge in [-0.15, -0.1) is 0 Å². The van der Waals surface area contributed by atoms with Crippen molar-refractivity contribution in [2.24, 2.45) is 5.92 Å². The van der Waals surface area contributed by atoms with Gasteiger partial charge in [0.05, 0.1) is 0 Å². The number of pyridine rings is 1. The zero-order valence-corrected chi connectivity index (χ0v) is 8.04. The maximum atomic E-state index is 4.38. The Hall–Kier alpha value is -1.25. The van der Waals surface area contributed by atoms with Crippen LogP contribution in [0.15, 0.2) is 18.2 Å². The monoisotopic (exact) mass is 177 g/mol. The summed E-state index contributed by atoms with van der Waals surface area (Å²) >= 11 is 0. The lowest BCUT2D eigenvalue weighted by Gasteiger charge is -2.05. The van der Waals surface area contributed by atoms with Gasteiger partial charge in [-0.2, -0.15) is 0 Å². The minimum Gasteiger partial charge on any atom is -0.373 e. The topological polar surface area (TPSA) is 37.0 Å². The maximum absolute atomic E-state index is 4.38. The van der Waals surface area contributed by atoms with Crippen LogP contribution in [0.5, 0.6) is 0 Å². The zero-order chi connectivity index (χ0) is 9.26. The zero-order valence-electron chi connectivity index (χ0n) is 8.04. The number of rotatable bonds is 3. The van der Waals surface area contributed by atoms with E-state index in [9.17, 15) is 0 Å². The molecule has 0 spiro atoms. The van der Waals surface area contributed by atoms with Gasteiger partial charge < -0.3 is 10.6 Å². The lowest BCUT2D eigenvalue weighted by Crippen LogP contribution is -2.05. The van der Waals surface area contributed by atoms with Crippen molar-refractivity contribution in [3.8, 4) is 0 Å². The first-order chi connectivity index (χ1) is 6.29. The van der Waals surface area contributed by atoms with Crippen LogP contribution in [0.4, 0.5) is 11.6 Å². The van der Waals surface area contributed by atoms with Gasteiger partial charge in [-0.25, -0.2) is 4.98 Å². The summed E-state index contributed by atoms with van der Waals surface area (Å²) < 4.78 is 0. The predicted molar refractivity (Wildman–Crippen MR) is 55.0 cm³/mol. The standard InChI is InChI=1S/C10H15N3/c1-7-6-8(7)12-10-5-3-4-9(11-2)13-10/h3-5,7-8H,6H2,1-2H3,(H2,11,12,13). The third kappa shape index (κ3) is 1.91. The van der Waals surface area contributed by atoms with Gasteiger partial charge in [-0.3, -0.25) is 0 Å². The summed E-state index contributed by atoms with van der Waals surface area (Å²) in [6, 6.07) is 6.61. The normalized spacial score (nSPS) is 25.4. The van der Waals surface area contributed by atoms with Crippen LogP contribution in [-0.2, 0) is 0 Å². The van der Waals surface area contributed by atoms with Gasteiger partial charge in [0.15, 0.2) is 0 Å². The van der Waals surface area contributed by atoms with Crippen LogP contribution in [0, 0.1) is 5.92 Å². The SMILES string of the molecule is CNc1cccc(NC2CC2C)n1. The molecule has 3 nitrogen and oxygen atoms in total. The van der Waals surface area contributed by atoms with Gasteiger partial charge in [0.25, 0.3) is 0 Å². The summed E-state index contributed by atoms with van der Waals surface area (Å²) in [4.78, 5) is 4.38. The minimum absolute atomic E-state index is 0.639. The molecule has 2 unspecified atom stereocenters. The third-order valence-corrected chi connectivity index (χ3v) is 2.45. The van der Waals surface area contributed by atoms with Gasteiger partial charge in [-0.05, 0) is 24.5 Å². The molecule has 1 fully saturated rings. The molecule has 0 aliphatic heterocycles. The molecule has 0 radical (unpaired) electrons. The molecular weight excluding hydrogens is 162 g/mol. The summed E-state index contributed by atoms with van der Waals surface area (Å²) in [7, 11) is 1.88. The third-order valence-electron chi connectivity index (χ3n) is 2.45. The molecule has 1 saturated carbocycles. The Morgan fingerprint density at radius 1 is 1.38 bits per heavy atom. The highest BCUT2D eigenvalue weighted by Gasteiger charge is 2.32. The summed E-state index contributed by atoms with van der Waals surface area (Å²) in [6.07, 6.45) is 1.27. The van der Waals surface area contributed by atoms with Gasteiger partial charge in [-0.1, -0.05) is 13.0 Å². The molecule has 2 rings (SSSR count). The van der Waals surface area contributed by atoms with E-state index in [-0.39, 0.29) is 0 Å². The highest BCUT2D eigenvalue weighted by Crippen LogP contribution is 2.32. The Labute approximate surface area is 78.6 Å². The van der Waals surface area contributed by atoms with Gasteiger partial charge >= 0.3 is 0 Å². The van der Waals surface area contributed by atoms with E-state index in [2.05, 4.69) is 22.5 Å². The summed E-state index contributed by atoms with van der Waals surface area (Å²) in [5.74, 6) is 2.69. The van der Waals surface area contributed by atoms with Crippen molar-refractivity contribution in [1.29, 1.82) is 0 Å². The van der Waals surface area contributed by atoms with Crippen LogP contribution in [0.25, 0.3) is 0 Å². The molecule has 70 valence electrons. The van der Waals surface area contributed by atoms with Crippen LogP contribution >= 0.6 is 0 Å². The molecule has 0 bridgehead atoms. The van der Waals surface area contributed by atoms with Crippen molar-refractivity contribution < 1.29 is 0 Å². The molecule has 0 amide bonds. The van der Waals surface area contributed by atoms with Crippen molar-refractivity contribution in [2.75, 3.05) is 17.7 Å². The quantitative estimate of drug-likeness (QED) is 0.741. The van der Waals surface area contributed by atoms with E-state index in [0.29, 0.717) is 6.04 Å². The van der Waals surface area contributed by atoms with Crippen molar-refractivity contribution in [3.63, 3.8) is 0 Å². The van der Waals surface area contributed by atoms with E-state index >= 15 is 0 Å². The van der Waals surface area contributed by atoms with E-state index in [1.807, 2.05) is 25.2 Å². The molecule has 2 atom stereocenters. The molecule has 1 aliphatic carbocycles. The molecule has 1 aliphatic rings. The first-order valence-corrected chi connectivity index (χ1v) is 4.71. The van der Waals surface area contributed by atoms with E-state index in [1.54, 1.807) is 0 Å². The second kappa shape index (κ2) is 3.24. The van der Waals surface area contributed by atoms with E-state index in [4.69, 9.17) is 0 Å². The van der Waals surface area contributed by atoms with E-state index in [0.717, 1.165) is 17.6 Å². The lowest BCUT2D eigenvalue weighted by atomic mass is 10.4. The molecular formula is C10H15N3. The van der Waals surface area contributed by atoms with Gasteiger partial charge in [0.1, 0.15) is 11.6 Å². The Bertz CT molecular complexity index is 298.